The van der Waals surface area contributed by atoms with Crippen molar-refractivity contribution in [2.24, 2.45) is 23.7 Å². The molecule has 1 fully saturated rings. The number of carbonyl (C=O) groups is 4. The number of carbonyl (C=O) groups excluding carboxylic acids is 4. The first kappa shape index (κ1) is 13.3. The van der Waals surface area contributed by atoms with Gasteiger partial charge < -0.3 is 14.2 Å². The zero-order chi connectivity index (χ0) is 14.2. The molecule has 0 amide bonds. The highest BCUT2D eigenvalue weighted by Crippen LogP contribution is 2.41. The molecule has 0 unspecified atom stereocenters. The summed E-state index contributed by atoms with van der Waals surface area (Å²) in [4.78, 5) is 46.5. The first-order valence-corrected chi connectivity index (χ1v) is 5.60. The zero-order valence-corrected chi connectivity index (χ0v) is 10.3. The van der Waals surface area contributed by atoms with Crippen molar-refractivity contribution in [1.29, 1.82) is 0 Å². The van der Waals surface area contributed by atoms with Gasteiger partial charge in [-0.05, 0) is 0 Å². The van der Waals surface area contributed by atoms with E-state index in [2.05, 4.69) is 14.2 Å². The van der Waals surface area contributed by atoms with Crippen molar-refractivity contribution in [3.63, 3.8) is 0 Å². The van der Waals surface area contributed by atoms with Gasteiger partial charge >= 0.3 is 23.9 Å². The van der Waals surface area contributed by atoms with Crippen LogP contribution in [0.4, 0.5) is 0 Å². The maximum atomic E-state index is 11.7. The molecule has 19 heavy (non-hydrogen) atoms. The largest absolute Gasteiger partial charge is 0.469 e. The van der Waals surface area contributed by atoms with Crippen molar-refractivity contribution < 1.29 is 33.4 Å². The maximum Gasteiger partial charge on any atom is 0.318 e. The average molecular weight is 268 g/mol. The van der Waals surface area contributed by atoms with E-state index in [9.17, 15) is 19.2 Å². The van der Waals surface area contributed by atoms with E-state index in [-0.39, 0.29) is 0 Å². The molecule has 2 rings (SSSR count). The van der Waals surface area contributed by atoms with Gasteiger partial charge in [0.25, 0.3) is 0 Å². The highest BCUT2D eigenvalue weighted by molar-refractivity contribution is 6.02. The molecular weight excluding hydrogens is 256 g/mol. The standard InChI is InChI=1S/C12H12O7/c1-17-9(13)5-3-4-6(10(14)18-2)8-7(5)11(15)19-12(8)16/h3-8H,1-2H3/t5-,6+,7-,8+. The molecule has 4 atom stereocenters. The Balaban J connectivity index is 2.41. The Morgan fingerprint density at radius 1 is 0.947 bits per heavy atom. The number of rotatable bonds is 2. The molecule has 0 spiro atoms. The van der Waals surface area contributed by atoms with E-state index in [4.69, 9.17) is 0 Å². The van der Waals surface area contributed by atoms with E-state index < -0.39 is 47.5 Å². The molecule has 102 valence electrons. The normalized spacial score (nSPS) is 32.5. The number of esters is 4. The zero-order valence-electron chi connectivity index (χ0n) is 10.3. The molecule has 0 aromatic carbocycles. The Bertz CT molecular complexity index is 436. The van der Waals surface area contributed by atoms with Crippen LogP contribution in [-0.2, 0) is 33.4 Å². The summed E-state index contributed by atoms with van der Waals surface area (Å²) in [5, 5.41) is 0. The topological polar surface area (TPSA) is 96.0 Å². The monoisotopic (exact) mass is 268 g/mol. The van der Waals surface area contributed by atoms with Gasteiger partial charge in [-0.2, -0.15) is 0 Å². The first-order valence-electron chi connectivity index (χ1n) is 5.60. The second-order valence-corrected chi connectivity index (χ2v) is 4.27. The predicted molar refractivity (Wildman–Crippen MR) is 58.2 cm³/mol. The lowest BCUT2D eigenvalue weighted by Gasteiger charge is -2.27. The second kappa shape index (κ2) is 4.83. The second-order valence-electron chi connectivity index (χ2n) is 4.27. The van der Waals surface area contributed by atoms with Gasteiger partial charge in [0, 0.05) is 0 Å². The maximum absolute atomic E-state index is 11.7. The van der Waals surface area contributed by atoms with Gasteiger partial charge in [0.05, 0.1) is 37.9 Å². The summed E-state index contributed by atoms with van der Waals surface area (Å²) < 4.78 is 13.7. The number of ether oxygens (including phenoxy) is 3. The van der Waals surface area contributed by atoms with Gasteiger partial charge in [-0.15, -0.1) is 0 Å². The molecule has 1 heterocycles. The van der Waals surface area contributed by atoms with E-state index in [0.29, 0.717) is 0 Å². The fourth-order valence-corrected chi connectivity index (χ4v) is 2.47. The van der Waals surface area contributed by atoms with E-state index in [1.54, 1.807) is 0 Å². The molecule has 1 saturated heterocycles. The Kier molecular flexibility index (Phi) is 3.37. The highest BCUT2D eigenvalue weighted by Gasteiger charge is 2.56. The van der Waals surface area contributed by atoms with Crippen LogP contribution in [0, 0.1) is 23.7 Å². The van der Waals surface area contributed by atoms with Crippen LogP contribution in [0.3, 0.4) is 0 Å². The Labute approximate surface area is 108 Å². The lowest BCUT2D eigenvalue weighted by Crippen LogP contribution is -2.40. The molecule has 0 aromatic rings. The van der Waals surface area contributed by atoms with Gasteiger partial charge in [0.2, 0.25) is 0 Å². The molecule has 0 radical (unpaired) electrons. The molecule has 0 aromatic heterocycles. The summed E-state index contributed by atoms with van der Waals surface area (Å²) >= 11 is 0. The first-order chi connectivity index (χ1) is 9.01. The minimum absolute atomic E-state index is 0.652. The van der Waals surface area contributed by atoms with Crippen molar-refractivity contribution in [1.82, 2.24) is 0 Å². The number of methoxy groups -OCH3 is 2. The minimum atomic E-state index is -1.03. The third-order valence-electron chi connectivity index (χ3n) is 3.38. The fourth-order valence-electron chi connectivity index (χ4n) is 2.47. The SMILES string of the molecule is COC(=O)[C@H]1C=C[C@@H](C(=O)OC)[C@H]2C(=O)OC(=O)[C@H]21. The van der Waals surface area contributed by atoms with Gasteiger partial charge in [-0.25, -0.2) is 0 Å². The lowest BCUT2D eigenvalue weighted by atomic mass is 9.71. The van der Waals surface area contributed by atoms with Crippen molar-refractivity contribution in [2.45, 2.75) is 0 Å². The molecule has 0 saturated carbocycles. The molecular formula is C12H12O7. The van der Waals surface area contributed by atoms with Crippen LogP contribution < -0.4 is 0 Å². The molecule has 1 aliphatic carbocycles. The van der Waals surface area contributed by atoms with E-state index in [0.717, 1.165) is 0 Å². The summed E-state index contributed by atoms with van der Waals surface area (Å²) in [5.74, 6) is -6.84. The van der Waals surface area contributed by atoms with Crippen LogP contribution in [-0.4, -0.2) is 38.1 Å². The van der Waals surface area contributed by atoms with Crippen molar-refractivity contribution in [3.8, 4) is 0 Å². The lowest BCUT2D eigenvalue weighted by molar-refractivity contribution is -0.157. The van der Waals surface area contributed by atoms with Crippen LogP contribution in [0.5, 0.6) is 0 Å². The molecule has 0 N–H and O–H groups in total. The van der Waals surface area contributed by atoms with E-state index >= 15 is 0 Å². The molecule has 1 aliphatic heterocycles. The molecule has 7 nitrogen and oxygen atoms in total. The number of cyclic esters (lactones) is 2. The van der Waals surface area contributed by atoms with Gasteiger partial charge in [-0.1, -0.05) is 12.2 Å². The fraction of sp³-hybridized carbons (Fsp3) is 0.500. The van der Waals surface area contributed by atoms with Crippen LogP contribution in [0.1, 0.15) is 0 Å². The van der Waals surface area contributed by atoms with Gasteiger partial charge in [0.1, 0.15) is 0 Å². The van der Waals surface area contributed by atoms with Crippen molar-refractivity contribution in [3.05, 3.63) is 12.2 Å². The molecule has 7 heteroatoms. The summed E-state index contributed by atoms with van der Waals surface area (Å²) in [6, 6.07) is 0. The van der Waals surface area contributed by atoms with E-state index in [1.165, 1.54) is 26.4 Å². The third kappa shape index (κ3) is 2.00. The van der Waals surface area contributed by atoms with Crippen LogP contribution in [0.2, 0.25) is 0 Å². The number of fused-ring (bicyclic) bond motifs is 1. The minimum Gasteiger partial charge on any atom is -0.469 e. The Hall–Kier alpha value is -2.18. The summed E-state index contributed by atoms with van der Waals surface area (Å²) in [6.07, 6.45) is 2.77. The van der Waals surface area contributed by atoms with Crippen LogP contribution >= 0.6 is 0 Å². The van der Waals surface area contributed by atoms with Crippen LogP contribution in [0.25, 0.3) is 0 Å². The number of hydrogen-bond acceptors (Lipinski definition) is 7. The summed E-state index contributed by atoms with van der Waals surface area (Å²) in [7, 11) is 2.36. The van der Waals surface area contributed by atoms with Crippen LogP contribution in [0.15, 0.2) is 12.2 Å². The molecule has 0 bridgehead atoms. The third-order valence-corrected chi connectivity index (χ3v) is 3.38. The highest BCUT2D eigenvalue weighted by atomic mass is 16.6. The van der Waals surface area contributed by atoms with Crippen molar-refractivity contribution >= 4 is 23.9 Å². The van der Waals surface area contributed by atoms with E-state index in [1.807, 2.05) is 0 Å². The molecule has 2 aliphatic rings. The quantitative estimate of drug-likeness (QED) is 0.287. The van der Waals surface area contributed by atoms with Gasteiger partial charge in [0.15, 0.2) is 0 Å². The smallest absolute Gasteiger partial charge is 0.318 e. The Morgan fingerprint density at radius 3 is 1.63 bits per heavy atom. The average Bonchev–Trinajstić information content (AvgIpc) is 2.72. The van der Waals surface area contributed by atoms with Gasteiger partial charge in [-0.3, -0.25) is 19.2 Å². The number of hydrogen-bond donors (Lipinski definition) is 0. The Morgan fingerprint density at radius 2 is 1.32 bits per heavy atom. The summed E-state index contributed by atoms with van der Waals surface area (Å²) in [6.45, 7) is 0. The predicted octanol–water partition coefficient (Wildman–Crippen LogP) is -0.550. The summed E-state index contributed by atoms with van der Waals surface area (Å²) in [5.41, 5.74) is 0. The van der Waals surface area contributed by atoms with Crippen molar-refractivity contribution in [2.75, 3.05) is 14.2 Å².